The molecule has 2 fully saturated rings. The van der Waals surface area contributed by atoms with Gasteiger partial charge in [-0.15, -0.1) is 11.3 Å². The zero-order valence-electron chi connectivity index (χ0n) is 29.5. The molecule has 5 aromatic rings. The number of likely N-dealkylation sites (tertiary alicyclic amines) is 2. The van der Waals surface area contributed by atoms with Crippen LogP contribution in [0.2, 0.25) is 5.02 Å². The van der Waals surface area contributed by atoms with Crippen molar-refractivity contribution in [1.82, 2.24) is 24.6 Å². The van der Waals surface area contributed by atoms with Crippen LogP contribution in [0, 0.1) is 6.92 Å². The summed E-state index contributed by atoms with van der Waals surface area (Å²) >= 11 is 7.86. The highest BCUT2D eigenvalue weighted by Gasteiger charge is 2.34. The van der Waals surface area contributed by atoms with E-state index in [1.165, 1.54) is 0 Å². The number of aromatic nitrogens is 3. The van der Waals surface area contributed by atoms with Crippen LogP contribution in [0.15, 0.2) is 48.5 Å². The highest BCUT2D eigenvalue weighted by atomic mass is 35.5. The second-order valence-corrected chi connectivity index (χ2v) is 16.2. The van der Waals surface area contributed by atoms with Crippen LogP contribution in [0.3, 0.4) is 0 Å². The van der Waals surface area contributed by atoms with E-state index in [4.69, 9.17) is 26.4 Å². The molecule has 2 aliphatic rings. The van der Waals surface area contributed by atoms with Crippen molar-refractivity contribution in [2.75, 3.05) is 26.2 Å². The summed E-state index contributed by atoms with van der Waals surface area (Å²) in [6, 6.07) is 16.3. The van der Waals surface area contributed by atoms with E-state index in [0.717, 1.165) is 99.5 Å². The smallest absolute Gasteiger partial charge is 0.337 e. The van der Waals surface area contributed by atoms with Crippen molar-refractivity contribution in [2.24, 2.45) is 7.05 Å². The molecule has 262 valence electrons. The van der Waals surface area contributed by atoms with Crippen LogP contribution in [0.1, 0.15) is 75.8 Å². The molecule has 0 unspecified atom stereocenters. The van der Waals surface area contributed by atoms with Crippen LogP contribution in [0.4, 0.5) is 0 Å². The van der Waals surface area contributed by atoms with E-state index in [1.807, 2.05) is 74.7 Å². The number of aliphatic carboxylic acids is 1. The predicted molar refractivity (Wildman–Crippen MR) is 200 cm³/mol. The molecule has 2 saturated heterocycles. The number of hydrogen-bond donors (Lipinski definition) is 1. The summed E-state index contributed by atoms with van der Waals surface area (Å²) < 4.78 is 9.08. The molecule has 2 aliphatic heterocycles. The Morgan fingerprint density at radius 2 is 1.74 bits per heavy atom. The van der Waals surface area contributed by atoms with Crippen LogP contribution >= 0.6 is 22.9 Å². The first-order valence-electron chi connectivity index (χ1n) is 17.3. The van der Waals surface area contributed by atoms with Gasteiger partial charge in [0.25, 0.3) is 0 Å². The van der Waals surface area contributed by atoms with E-state index in [9.17, 15) is 14.7 Å². The number of carbonyl (C=O) groups is 2. The van der Waals surface area contributed by atoms with E-state index in [-0.39, 0.29) is 5.91 Å². The van der Waals surface area contributed by atoms with E-state index in [1.54, 1.807) is 18.3 Å². The normalized spacial score (nSPS) is 18.1. The first-order valence-corrected chi connectivity index (χ1v) is 18.5. The lowest BCUT2D eigenvalue weighted by atomic mass is 9.90. The molecule has 9 nitrogen and oxygen atoms in total. The molecule has 2 aromatic heterocycles. The summed E-state index contributed by atoms with van der Waals surface area (Å²) in [5, 5.41) is 18.1. The molecule has 0 bridgehead atoms. The third-order valence-electron chi connectivity index (χ3n) is 10.1. The maximum atomic E-state index is 12.8. The van der Waals surface area contributed by atoms with Crippen molar-refractivity contribution in [3.63, 3.8) is 0 Å². The molecule has 4 heterocycles. The first kappa shape index (κ1) is 34.6. The number of piperidine rings is 1. The maximum absolute atomic E-state index is 12.8. The van der Waals surface area contributed by atoms with Crippen LogP contribution in [0.5, 0.6) is 0 Å². The number of carboxylic acid groups (broad SMARTS) is 1. The van der Waals surface area contributed by atoms with Gasteiger partial charge in [-0.05, 0) is 108 Å². The fourth-order valence-electron chi connectivity index (χ4n) is 7.62. The van der Waals surface area contributed by atoms with Crippen LogP contribution < -0.4 is 0 Å². The SMILES string of the molecule is CC(=O)N1CC[C@H]1CN1CCC(c2nn(C)c3ccc(-c4nc5cc(C)c([C@H](OC(C)(C)C)C(=O)O)c(-c6ccc(Cl)cc6)c5s4)cc23)CC1. The number of carbonyl (C=O) groups excluding carboxylic acids is 1. The lowest BCUT2D eigenvalue weighted by Crippen LogP contribution is -2.56. The lowest BCUT2D eigenvalue weighted by molar-refractivity contribution is -0.160. The second kappa shape index (κ2) is 13.4. The molecule has 0 saturated carbocycles. The summed E-state index contributed by atoms with van der Waals surface area (Å²) in [5.74, 6) is -0.511. The predicted octanol–water partition coefficient (Wildman–Crippen LogP) is 8.22. The Kier molecular flexibility index (Phi) is 9.26. The first-order chi connectivity index (χ1) is 23.8. The highest BCUT2D eigenvalue weighted by Crippen LogP contribution is 2.45. The van der Waals surface area contributed by atoms with Crippen molar-refractivity contribution in [3.8, 4) is 21.7 Å². The Labute approximate surface area is 301 Å². The Morgan fingerprint density at radius 1 is 1.04 bits per heavy atom. The number of amides is 1. The van der Waals surface area contributed by atoms with E-state index in [2.05, 4.69) is 23.1 Å². The van der Waals surface area contributed by atoms with E-state index >= 15 is 0 Å². The highest BCUT2D eigenvalue weighted by molar-refractivity contribution is 7.22. The minimum Gasteiger partial charge on any atom is -0.479 e. The van der Waals surface area contributed by atoms with Gasteiger partial charge in [-0.1, -0.05) is 23.7 Å². The molecule has 1 N–H and O–H groups in total. The van der Waals surface area contributed by atoms with Gasteiger partial charge in [-0.25, -0.2) is 9.78 Å². The van der Waals surface area contributed by atoms with Crippen LogP contribution in [-0.4, -0.2) is 79.4 Å². The number of thiazole rings is 1. The average molecular weight is 714 g/mol. The molecule has 11 heteroatoms. The van der Waals surface area contributed by atoms with Gasteiger partial charge in [0.1, 0.15) is 5.01 Å². The Hall–Kier alpha value is -3.83. The summed E-state index contributed by atoms with van der Waals surface area (Å²) in [6.07, 6.45) is 1.97. The number of benzene rings is 3. The molecule has 1 amide bonds. The number of aryl methyl sites for hydroxylation is 2. The molecule has 0 radical (unpaired) electrons. The van der Waals surface area contributed by atoms with Gasteiger partial charge in [0.05, 0.1) is 27.0 Å². The van der Waals surface area contributed by atoms with Crippen LogP contribution in [0.25, 0.3) is 42.8 Å². The van der Waals surface area contributed by atoms with Gasteiger partial charge < -0.3 is 19.6 Å². The molecular formula is C39H44ClN5O4S. The van der Waals surface area contributed by atoms with Crippen molar-refractivity contribution in [3.05, 3.63) is 70.4 Å². The number of carboxylic acids is 1. The van der Waals surface area contributed by atoms with Crippen molar-refractivity contribution in [1.29, 1.82) is 0 Å². The summed E-state index contributed by atoms with van der Waals surface area (Å²) in [7, 11) is 2.01. The molecule has 0 aliphatic carbocycles. The summed E-state index contributed by atoms with van der Waals surface area (Å²) in [4.78, 5) is 34.3. The number of fused-ring (bicyclic) bond motifs is 2. The van der Waals surface area contributed by atoms with Crippen LogP contribution in [-0.2, 0) is 21.4 Å². The third-order valence-corrected chi connectivity index (χ3v) is 11.5. The van der Waals surface area contributed by atoms with Gasteiger partial charge >= 0.3 is 5.97 Å². The lowest BCUT2D eigenvalue weighted by Gasteiger charge is -2.44. The Bertz CT molecular complexity index is 2090. The zero-order valence-corrected chi connectivity index (χ0v) is 31.1. The Balaban J connectivity index is 1.25. The molecule has 50 heavy (non-hydrogen) atoms. The number of hydrogen-bond acceptors (Lipinski definition) is 7. The summed E-state index contributed by atoms with van der Waals surface area (Å²) in [5.41, 5.74) is 6.44. The monoisotopic (exact) mass is 713 g/mol. The van der Waals surface area contributed by atoms with E-state index < -0.39 is 17.7 Å². The van der Waals surface area contributed by atoms with Gasteiger partial charge in [-0.3, -0.25) is 9.48 Å². The zero-order chi connectivity index (χ0) is 35.5. The minimum atomic E-state index is -1.17. The van der Waals surface area contributed by atoms with E-state index in [0.29, 0.717) is 22.5 Å². The molecule has 0 spiro atoms. The van der Waals surface area contributed by atoms with Gasteiger partial charge in [0.2, 0.25) is 5.91 Å². The minimum absolute atomic E-state index is 0.177. The maximum Gasteiger partial charge on any atom is 0.337 e. The van der Waals surface area contributed by atoms with Crippen molar-refractivity contribution < 1.29 is 19.4 Å². The molecule has 2 atom stereocenters. The second-order valence-electron chi connectivity index (χ2n) is 14.8. The summed E-state index contributed by atoms with van der Waals surface area (Å²) in [6.45, 7) is 13.0. The van der Waals surface area contributed by atoms with Crippen molar-refractivity contribution >= 4 is 55.9 Å². The fourth-order valence-corrected chi connectivity index (χ4v) is 8.87. The fraction of sp³-hybridized carbons (Fsp3) is 0.436. The molecule has 3 aromatic carbocycles. The number of rotatable bonds is 8. The number of nitrogens with zero attached hydrogens (tertiary/aromatic N) is 5. The van der Waals surface area contributed by atoms with Crippen molar-refractivity contribution in [2.45, 2.75) is 77.5 Å². The number of halogens is 1. The van der Waals surface area contributed by atoms with Gasteiger partial charge in [0.15, 0.2) is 6.10 Å². The quantitative estimate of drug-likeness (QED) is 0.173. The Morgan fingerprint density at radius 3 is 2.36 bits per heavy atom. The third kappa shape index (κ3) is 6.66. The average Bonchev–Trinajstić information content (AvgIpc) is 3.62. The standard InChI is InChI=1S/C39H44ClN5O4S/c1-22-19-30-36(33(24-7-10-27(40)11-8-24)32(22)35(38(47)48)49-39(3,4)5)50-37(41-30)26-9-12-31-29(20-26)34(42-43(31)6)25-13-16-44(17-14-25)21-28-15-18-45(28)23(2)46/h7-12,19-20,25,28,35H,13-18,21H2,1-6H3,(H,47,48)/t28-,35-/m0/s1. The molecular weight excluding hydrogens is 670 g/mol. The largest absolute Gasteiger partial charge is 0.479 e. The van der Waals surface area contributed by atoms with Gasteiger partial charge in [-0.2, -0.15) is 5.10 Å². The molecule has 7 rings (SSSR count). The topological polar surface area (TPSA) is 101 Å². The van der Waals surface area contributed by atoms with Gasteiger partial charge in [0, 0.05) is 66.1 Å². The number of ether oxygens (including phenoxy) is 1.